The maximum absolute atomic E-state index is 11.3. The van der Waals surface area contributed by atoms with E-state index in [1.54, 1.807) is 0 Å². The summed E-state index contributed by atoms with van der Waals surface area (Å²) in [7, 11) is 1.40. The van der Waals surface area contributed by atoms with Crippen molar-refractivity contribution in [2.75, 3.05) is 13.7 Å². The van der Waals surface area contributed by atoms with Crippen LogP contribution in [0.15, 0.2) is 30.3 Å². The maximum Gasteiger partial charge on any atom is 0.318 e. The van der Waals surface area contributed by atoms with Crippen molar-refractivity contribution in [2.24, 2.45) is 0 Å². The molecule has 0 aliphatic rings. The number of hydrogen-bond acceptors (Lipinski definition) is 2. The Morgan fingerprint density at radius 2 is 2.08 bits per heavy atom. The van der Waals surface area contributed by atoms with Crippen LogP contribution < -0.4 is 5.73 Å². The summed E-state index contributed by atoms with van der Waals surface area (Å²) in [5.41, 5.74) is 4.69. The summed E-state index contributed by atoms with van der Waals surface area (Å²) in [5.74, 6) is -0.451. The standard InChI is InChI=1S/C10H13NO2/c1-13-10(12)9(7-11)8-5-3-2-4-6-8/h2-6,9H,7,11H2,1H3/p+1/t9-/m1/s1. The monoisotopic (exact) mass is 180 g/mol. The Balaban J connectivity index is 2.85. The number of esters is 1. The molecule has 1 atom stereocenters. The number of carbonyl (C=O) groups is 1. The molecule has 70 valence electrons. The lowest BCUT2D eigenvalue weighted by Crippen LogP contribution is -2.54. The Kier molecular flexibility index (Phi) is 3.46. The zero-order valence-corrected chi connectivity index (χ0v) is 7.69. The van der Waals surface area contributed by atoms with E-state index in [-0.39, 0.29) is 11.9 Å². The molecule has 13 heavy (non-hydrogen) atoms. The summed E-state index contributed by atoms with van der Waals surface area (Å²) < 4.78 is 4.68. The maximum atomic E-state index is 11.3. The predicted molar refractivity (Wildman–Crippen MR) is 49.0 cm³/mol. The zero-order valence-electron chi connectivity index (χ0n) is 7.69. The summed E-state index contributed by atoms with van der Waals surface area (Å²) in [6.45, 7) is 0.524. The Hall–Kier alpha value is -1.35. The number of benzene rings is 1. The van der Waals surface area contributed by atoms with Crippen LogP contribution in [0.3, 0.4) is 0 Å². The highest BCUT2D eigenvalue weighted by molar-refractivity contribution is 5.78. The third kappa shape index (κ3) is 2.29. The van der Waals surface area contributed by atoms with Crippen LogP contribution in [0.2, 0.25) is 0 Å². The normalized spacial score (nSPS) is 12.2. The molecule has 0 fully saturated rings. The molecule has 0 aliphatic carbocycles. The molecular weight excluding hydrogens is 166 g/mol. The molecule has 0 bridgehead atoms. The summed E-state index contributed by atoms with van der Waals surface area (Å²) in [5, 5.41) is 0. The van der Waals surface area contributed by atoms with Crippen LogP contribution in [0.25, 0.3) is 0 Å². The second-order valence-electron chi connectivity index (χ2n) is 2.78. The van der Waals surface area contributed by atoms with Crippen molar-refractivity contribution in [1.82, 2.24) is 0 Å². The lowest BCUT2D eigenvalue weighted by Gasteiger charge is -2.09. The molecule has 0 saturated carbocycles. The van der Waals surface area contributed by atoms with Gasteiger partial charge in [0.1, 0.15) is 5.92 Å². The first-order valence-electron chi connectivity index (χ1n) is 4.21. The fourth-order valence-electron chi connectivity index (χ4n) is 1.25. The van der Waals surface area contributed by atoms with Crippen LogP contribution >= 0.6 is 0 Å². The van der Waals surface area contributed by atoms with E-state index in [9.17, 15) is 4.79 Å². The van der Waals surface area contributed by atoms with Gasteiger partial charge in [0.2, 0.25) is 0 Å². The second kappa shape index (κ2) is 4.62. The van der Waals surface area contributed by atoms with E-state index in [0.717, 1.165) is 5.56 Å². The largest absolute Gasteiger partial charge is 0.468 e. The van der Waals surface area contributed by atoms with Gasteiger partial charge in [-0.05, 0) is 5.56 Å². The first-order chi connectivity index (χ1) is 6.29. The molecule has 0 unspecified atom stereocenters. The average Bonchev–Trinajstić information content (AvgIpc) is 2.20. The van der Waals surface area contributed by atoms with E-state index in [1.807, 2.05) is 30.3 Å². The van der Waals surface area contributed by atoms with Crippen LogP contribution in [0.4, 0.5) is 0 Å². The highest BCUT2D eigenvalue weighted by Gasteiger charge is 2.20. The van der Waals surface area contributed by atoms with Crippen LogP contribution in [0, 0.1) is 0 Å². The van der Waals surface area contributed by atoms with Gasteiger partial charge in [-0.3, -0.25) is 4.79 Å². The van der Waals surface area contributed by atoms with E-state index in [0.29, 0.717) is 6.54 Å². The minimum atomic E-state index is -0.230. The highest BCUT2D eigenvalue weighted by Crippen LogP contribution is 2.14. The van der Waals surface area contributed by atoms with E-state index >= 15 is 0 Å². The number of ether oxygens (including phenoxy) is 1. The fourth-order valence-corrected chi connectivity index (χ4v) is 1.25. The lowest BCUT2D eigenvalue weighted by atomic mass is 10.00. The fraction of sp³-hybridized carbons (Fsp3) is 0.300. The molecule has 3 heteroatoms. The second-order valence-corrected chi connectivity index (χ2v) is 2.78. The van der Waals surface area contributed by atoms with E-state index in [2.05, 4.69) is 10.5 Å². The Bertz CT molecular complexity index is 272. The smallest absolute Gasteiger partial charge is 0.318 e. The van der Waals surface area contributed by atoms with Crippen molar-refractivity contribution in [3.63, 3.8) is 0 Å². The van der Waals surface area contributed by atoms with Gasteiger partial charge in [-0.2, -0.15) is 0 Å². The molecule has 0 aliphatic heterocycles. The quantitative estimate of drug-likeness (QED) is 0.675. The van der Waals surface area contributed by atoms with Gasteiger partial charge in [0.05, 0.1) is 13.7 Å². The third-order valence-corrected chi connectivity index (χ3v) is 1.98. The Morgan fingerprint density at radius 3 is 2.54 bits per heavy atom. The Morgan fingerprint density at radius 1 is 1.46 bits per heavy atom. The van der Waals surface area contributed by atoms with Crippen molar-refractivity contribution in [1.29, 1.82) is 0 Å². The molecule has 3 nitrogen and oxygen atoms in total. The van der Waals surface area contributed by atoms with E-state index < -0.39 is 0 Å². The number of hydrogen-bond donors (Lipinski definition) is 1. The van der Waals surface area contributed by atoms with Crippen LogP contribution in [-0.2, 0) is 9.53 Å². The topological polar surface area (TPSA) is 53.9 Å². The van der Waals surface area contributed by atoms with E-state index in [4.69, 9.17) is 0 Å². The lowest BCUT2D eigenvalue weighted by molar-refractivity contribution is -0.370. The first kappa shape index (κ1) is 9.74. The third-order valence-electron chi connectivity index (χ3n) is 1.98. The van der Waals surface area contributed by atoms with Gasteiger partial charge in [0.15, 0.2) is 0 Å². The number of quaternary nitrogens is 1. The molecule has 1 aromatic carbocycles. The summed E-state index contributed by atoms with van der Waals surface area (Å²) >= 11 is 0. The SMILES string of the molecule is COC(=O)[C@H](C[NH3+])c1ccccc1. The summed E-state index contributed by atoms with van der Waals surface area (Å²) in [6.07, 6.45) is 0. The van der Waals surface area contributed by atoms with Gasteiger partial charge in [0, 0.05) is 0 Å². The van der Waals surface area contributed by atoms with Crippen LogP contribution in [-0.4, -0.2) is 19.6 Å². The van der Waals surface area contributed by atoms with Crippen LogP contribution in [0.5, 0.6) is 0 Å². The molecule has 0 amide bonds. The molecule has 3 N–H and O–H groups in total. The van der Waals surface area contributed by atoms with Gasteiger partial charge < -0.3 is 10.5 Å². The number of carbonyl (C=O) groups excluding carboxylic acids is 1. The number of methoxy groups -OCH3 is 1. The van der Waals surface area contributed by atoms with E-state index in [1.165, 1.54) is 7.11 Å². The van der Waals surface area contributed by atoms with Gasteiger partial charge >= 0.3 is 5.97 Å². The zero-order chi connectivity index (χ0) is 9.68. The highest BCUT2D eigenvalue weighted by atomic mass is 16.5. The molecule has 0 saturated heterocycles. The Labute approximate surface area is 77.5 Å². The molecular formula is C10H14NO2+. The van der Waals surface area contributed by atoms with Crippen molar-refractivity contribution in [2.45, 2.75) is 5.92 Å². The molecule has 0 heterocycles. The van der Waals surface area contributed by atoms with Crippen molar-refractivity contribution < 1.29 is 15.3 Å². The minimum Gasteiger partial charge on any atom is -0.468 e. The number of rotatable bonds is 3. The van der Waals surface area contributed by atoms with Crippen LogP contribution in [0.1, 0.15) is 11.5 Å². The van der Waals surface area contributed by atoms with Crippen molar-refractivity contribution >= 4 is 5.97 Å². The van der Waals surface area contributed by atoms with Gasteiger partial charge in [-0.1, -0.05) is 30.3 Å². The molecule has 0 aromatic heterocycles. The first-order valence-corrected chi connectivity index (χ1v) is 4.21. The molecule has 0 radical (unpaired) electrons. The summed E-state index contributed by atoms with van der Waals surface area (Å²) in [4.78, 5) is 11.3. The predicted octanol–water partition coefficient (Wildman–Crippen LogP) is 0.185. The average molecular weight is 180 g/mol. The van der Waals surface area contributed by atoms with Crippen molar-refractivity contribution in [3.05, 3.63) is 35.9 Å². The van der Waals surface area contributed by atoms with Gasteiger partial charge in [-0.25, -0.2) is 0 Å². The minimum absolute atomic E-state index is 0.221. The van der Waals surface area contributed by atoms with Crippen molar-refractivity contribution in [3.8, 4) is 0 Å². The molecule has 0 spiro atoms. The van der Waals surface area contributed by atoms with Gasteiger partial charge in [0.25, 0.3) is 0 Å². The molecule has 1 rings (SSSR count). The summed E-state index contributed by atoms with van der Waals surface area (Å²) in [6, 6.07) is 9.54. The van der Waals surface area contributed by atoms with Gasteiger partial charge in [-0.15, -0.1) is 0 Å². The molecule has 1 aromatic rings.